The van der Waals surface area contributed by atoms with Crippen molar-refractivity contribution in [1.29, 1.82) is 0 Å². The molecule has 3 N–H and O–H groups in total. The van der Waals surface area contributed by atoms with Gasteiger partial charge < -0.3 is 11.1 Å². The van der Waals surface area contributed by atoms with Crippen molar-refractivity contribution >= 4 is 27.5 Å². The van der Waals surface area contributed by atoms with Gasteiger partial charge in [-0.1, -0.05) is 12.8 Å². The standard InChI is InChI=1S/C13H15BrF2N2O/c14-8-5-12(10(16)6-9(8)15)18-13(19)7-3-1-2-4-11(7)17/h5-7,11H,1-4,17H2,(H,18,19). The predicted octanol–water partition coefficient (Wildman–Crippen LogP) is 3.18. The molecule has 6 heteroatoms. The summed E-state index contributed by atoms with van der Waals surface area (Å²) in [6.45, 7) is 0. The summed E-state index contributed by atoms with van der Waals surface area (Å²) in [6, 6.07) is 1.76. The molecular formula is C13H15BrF2N2O. The maximum Gasteiger partial charge on any atom is 0.229 e. The van der Waals surface area contributed by atoms with Crippen LogP contribution in [0.5, 0.6) is 0 Å². The Morgan fingerprint density at radius 2 is 1.95 bits per heavy atom. The van der Waals surface area contributed by atoms with Gasteiger partial charge in [0, 0.05) is 12.1 Å². The van der Waals surface area contributed by atoms with E-state index in [0.29, 0.717) is 6.42 Å². The molecule has 3 nitrogen and oxygen atoms in total. The Bertz CT molecular complexity index is 496. The van der Waals surface area contributed by atoms with Crippen LogP contribution in [0.1, 0.15) is 25.7 Å². The molecule has 1 saturated carbocycles. The Labute approximate surface area is 118 Å². The number of nitrogens with one attached hydrogen (secondary N) is 1. The second-order valence-corrected chi connectivity index (χ2v) is 5.64. The zero-order chi connectivity index (χ0) is 14.0. The molecule has 1 amide bonds. The summed E-state index contributed by atoms with van der Waals surface area (Å²) >= 11 is 2.96. The third kappa shape index (κ3) is 3.30. The van der Waals surface area contributed by atoms with E-state index in [4.69, 9.17) is 5.73 Å². The molecule has 1 aromatic carbocycles. The van der Waals surface area contributed by atoms with Gasteiger partial charge in [-0.2, -0.15) is 0 Å². The Morgan fingerprint density at radius 1 is 1.26 bits per heavy atom. The molecule has 2 rings (SSSR count). The lowest BCUT2D eigenvalue weighted by molar-refractivity contribution is -0.121. The molecular weight excluding hydrogens is 318 g/mol. The lowest BCUT2D eigenvalue weighted by Crippen LogP contribution is -2.40. The van der Waals surface area contributed by atoms with Crippen LogP contribution in [0.3, 0.4) is 0 Å². The summed E-state index contributed by atoms with van der Waals surface area (Å²) in [5.41, 5.74) is 5.87. The van der Waals surface area contributed by atoms with Crippen molar-refractivity contribution in [2.24, 2.45) is 11.7 Å². The number of halogens is 3. The van der Waals surface area contributed by atoms with Crippen molar-refractivity contribution in [1.82, 2.24) is 0 Å². The smallest absolute Gasteiger partial charge is 0.229 e. The van der Waals surface area contributed by atoms with E-state index < -0.39 is 11.6 Å². The van der Waals surface area contributed by atoms with Crippen LogP contribution in [0.2, 0.25) is 0 Å². The van der Waals surface area contributed by atoms with Crippen molar-refractivity contribution in [2.45, 2.75) is 31.7 Å². The van der Waals surface area contributed by atoms with Crippen LogP contribution < -0.4 is 11.1 Å². The molecule has 1 aliphatic rings. The van der Waals surface area contributed by atoms with Crippen LogP contribution in [-0.2, 0) is 4.79 Å². The lowest BCUT2D eigenvalue weighted by atomic mass is 9.84. The summed E-state index contributed by atoms with van der Waals surface area (Å²) in [5.74, 6) is -2.11. The van der Waals surface area contributed by atoms with Gasteiger partial charge in [0.2, 0.25) is 5.91 Å². The van der Waals surface area contributed by atoms with Gasteiger partial charge in [0.15, 0.2) is 0 Å². The molecule has 19 heavy (non-hydrogen) atoms. The molecule has 0 heterocycles. The second kappa shape index (κ2) is 5.96. The first kappa shape index (κ1) is 14.4. The van der Waals surface area contributed by atoms with Crippen molar-refractivity contribution in [3.63, 3.8) is 0 Å². The molecule has 1 aromatic rings. The van der Waals surface area contributed by atoms with Crippen molar-refractivity contribution < 1.29 is 13.6 Å². The topological polar surface area (TPSA) is 55.1 Å². The number of hydrogen-bond donors (Lipinski definition) is 2. The fourth-order valence-corrected chi connectivity index (χ4v) is 2.67. The van der Waals surface area contributed by atoms with Gasteiger partial charge in [-0.05, 0) is 34.8 Å². The summed E-state index contributed by atoms with van der Waals surface area (Å²) in [7, 11) is 0. The molecule has 0 aliphatic heterocycles. The van der Waals surface area contributed by atoms with E-state index in [1.807, 2.05) is 0 Å². The van der Waals surface area contributed by atoms with Crippen LogP contribution in [0, 0.1) is 17.6 Å². The zero-order valence-electron chi connectivity index (χ0n) is 10.3. The van der Waals surface area contributed by atoms with E-state index in [1.54, 1.807) is 0 Å². The minimum atomic E-state index is -0.793. The molecule has 0 bridgehead atoms. The third-order valence-electron chi connectivity index (χ3n) is 3.42. The van der Waals surface area contributed by atoms with E-state index >= 15 is 0 Å². The molecule has 104 valence electrons. The van der Waals surface area contributed by atoms with E-state index in [2.05, 4.69) is 21.2 Å². The highest BCUT2D eigenvalue weighted by Crippen LogP contribution is 2.27. The fraction of sp³-hybridized carbons (Fsp3) is 0.462. The van der Waals surface area contributed by atoms with Gasteiger partial charge in [-0.15, -0.1) is 0 Å². The Hall–Kier alpha value is -1.01. The van der Waals surface area contributed by atoms with Gasteiger partial charge in [-0.3, -0.25) is 4.79 Å². The van der Waals surface area contributed by atoms with E-state index in [1.165, 1.54) is 6.07 Å². The normalized spacial score (nSPS) is 23.2. The van der Waals surface area contributed by atoms with Crippen LogP contribution in [-0.4, -0.2) is 11.9 Å². The van der Waals surface area contributed by atoms with Gasteiger partial charge >= 0.3 is 0 Å². The number of nitrogens with two attached hydrogens (primary N) is 1. The molecule has 0 spiro atoms. The number of anilines is 1. The molecule has 0 radical (unpaired) electrons. The van der Waals surface area contributed by atoms with Gasteiger partial charge in [0.1, 0.15) is 11.6 Å². The van der Waals surface area contributed by atoms with Crippen LogP contribution in [0.25, 0.3) is 0 Å². The first-order valence-electron chi connectivity index (χ1n) is 6.20. The highest BCUT2D eigenvalue weighted by atomic mass is 79.9. The number of rotatable bonds is 2. The summed E-state index contributed by atoms with van der Waals surface area (Å²) in [5, 5.41) is 2.49. The van der Waals surface area contributed by atoms with Gasteiger partial charge in [0.05, 0.1) is 16.1 Å². The van der Waals surface area contributed by atoms with Crippen molar-refractivity contribution in [2.75, 3.05) is 5.32 Å². The highest BCUT2D eigenvalue weighted by Gasteiger charge is 2.28. The maximum atomic E-state index is 13.5. The van der Waals surface area contributed by atoms with Crippen molar-refractivity contribution in [3.05, 3.63) is 28.2 Å². The number of amides is 1. The van der Waals surface area contributed by atoms with Crippen molar-refractivity contribution in [3.8, 4) is 0 Å². The largest absolute Gasteiger partial charge is 0.327 e. The second-order valence-electron chi connectivity index (χ2n) is 4.79. The fourth-order valence-electron chi connectivity index (χ4n) is 2.33. The average molecular weight is 333 g/mol. The molecule has 1 aliphatic carbocycles. The van der Waals surface area contributed by atoms with Crippen LogP contribution >= 0.6 is 15.9 Å². The van der Waals surface area contributed by atoms with E-state index in [0.717, 1.165) is 25.3 Å². The number of hydrogen-bond acceptors (Lipinski definition) is 2. The van der Waals surface area contributed by atoms with E-state index in [-0.39, 0.29) is 28.0 Å². The van der Waals surface area contributed by atoms with E-state index in [9.17, 15) is 13.6 Å². The molecule has 2 unspecified atom stereocenters. The molecule has 2 atom stereocenters. The number of benzene rings is 1. The minimum absolute atomic E-state index is 0.0314. The van der Waals surface area contributed by atoms with Gasteiger partial charge in [0.25, 0.3) is 0 Å². The molecule has 0 saturated heterocycles. The van der Waals surface area contributed by atoms with Gasteiger partial charge in [-0.25, -0.2) is 8.78 Å². The van der Waals surface area contributed by atoms with Crippen LogP contribution in [0.4, 0.5) is 14.5 Å². The summed E-state index contributed by atoms with van der Waals surface area (Å²) in [6.07, 6.45) is 3.47. The predicted molar refractivity (Wildman–Crippen MR) is 72.6 cm³/mol. The third-order valence-corrected chi connectivity index (χ3v) is 4.03. The number of carbonyl (C=O) groups is 1. The first-order chi connectivity index (χ1) is 8.99. The zero-order valence-corrected chi connectivity index (χ0v) is 11.8. The molecule has 0 aromatic heterocycles. The lowest BCUT2D eigenvalue weighted by Gasteiger charge is -2.27. The Kier molecular flexibility index (Phi) is 4.52. The number of carbonyl (C=O) groups excluding carboxylic acids is 1. The molecule has 1 fully saturated rings. The monoisotopic (exact) mass is 332 g/mol. The summed E-state index contributed by atoms with van der Waals surface area (Å²) in [4.78, 5) is 12.1. The minimum Gasteiger partial charge on any atom is -0.327 e. The summed E-state index contributed by atoms with van der Waals surface area (Å²) < 4.78 is 26.8. The highest BCUT2D eigenvalue weighted by molar-refractivity contribution is 9.10. The quantitative estimate of drug-likeness (QED) is 0.817. The average Bonchev–Trinajstić information content (AvgIpc) is 2.36. The Morgan fingerprint density at radius 3 is 2.63 bits per heavy atom. The van der Waals surface area contributed by atoms with Crippen LogP contribution in [0.15, 0.2) is 16.6 Å². The first-order valence-corrected chi connectivity index (χ1v) is 6.99. The Balaban J connectivity index is 2.12. The SMILES string of the molecule is NC1CCCCC1C(=O)Nc1cc(Br)c(F)cc1F. The maximum absolute atomic E-state index is 13.5.